The van der Waals surface area contributed by atoms with E-state index in [1.54, 1.807) is 4.90 Å². The summed E-state index contributed by atoms with van der Waals surface area (Å²) < 4.78 is 0.764. The fraction of sp³-hybridized carbons (Fsp3) is 0.643. The predicted octanol–water partition coefficient (Wildman–Crippen LogP) is 2.03. The van der Waals surface area contributed by atoms with Crippen LogP contribution in [0.5, 0.6) is 0 Å². The number of carbonyl (C=O) groups excluding carboxylic acids is 1. The van der Waals surface area contributed by atoms with Gasteiger partial charge in [-0.2, -0.15) is 0 Å². The van der Waals surface area contributed by atoms with E-state index in [0.717, 1.165) is 28.7 Å². The van der Waals surface area contributed by atoms with Crippen molar-refractivity contribution in [3.8, 4) is 0 Å². The minimum Gasteiger partial charge on any atom is -0.340 e. The van der Waals surface area contributed by atoms with Gasteiger partial charge in [0.05, 0.1) is 17.4 Å². The molecule has 0 spiro atoms. The number of hydrogen-bond donors (Lipinski definition) is 1. The SMILES string of the molecule is CC1CN(CC(=O)N(C)Cc2ccc(Cl)s2)CCC1N. The average molecular weight is 316 g/mol. The van der Waals surface area contributed by atoms with Crippen molar-refractivity contribution in [2.24, 2.45) is 11.7 Å². The van der Waals surface area contributed by atoms with Crippen LogP contribution in [0, 0.1) is 5.92 Å². The standard InChI is InChI=1S/C14H22ClN3OS/c1-10-7-18(6-5-12(10)16)9-14(19)17(2)8-11-3-4-13(15)20-11/h3-4,10,12H,5-9,16H2,1-2H3. The number of halogens is 1. The number of piperidine rings is 1. The monoisotopic (exact) mass is 315 g/mol. The topological polar surface area (TPSA) is 49.6 Å². The van der Waals surface area contributed by atoms with Gasteiger partial charge in [-0.25, -0.2) is 0 Å². The second kappa shape index (κ2) is 6.89. The molecule has 1 aromatic heterocycles. The first-order chi connectivity index (χ1) is 9.45. The summed E-state index contributed by atoms with van der Waals surface area (Å²) in [5.41, 5.74) is 6.00. The Morgan fingerprint density at radius 2 is 2.35 bits per heavy atom. The Bertz CT molecular complexity index is 465. The van der Waals surface area contributed by atoms with Crippen LogP contribution in [0.1, 0.15) is 18.2 Å². The molecule has 1 amide bonds. The van der Waals surface area contributed by atoms with E-state index in [1.807, 2.05) is 19.2 Å². The van der Waals surface area contributed by atoms with Crippen molar-refractivity contribution in [2.75, 3.05) is 26.7 Å². The third-order valence-corrected chi connectivity index (χ3v) is 5.08. The molecular formula is C14H22ClN3OS. The van der Waals surface area contributed by atoms with Crippen LogP contribution in [0.3, 0.4) is 0 Å². The van der Waals surface area contributed by atoms with Crippen molar-refractivity contribution in [1.82, 2.24) is 9.80 Å². The van der Waals surface area contributed by atoms with E-state index in [4.69, 9.17) is 17.3 Å². The third-order valence-electron chi connectivity index (χ3n) is 3.86. The molecule has 1 saturated heterocycles. The highest BCUT2D eigenvalue weighted by molar-refractivity contribution is 7.16. The fourth-order valence-corrected chi connectivity index (χ4v) is 3.61. The number of nitrogens with two attached hydrogens (primary N) is 1. The fourth-order valence-electron chi connectivity index (χ4n) is 2.46. The number of nitrogens with zero attached hydrogens (tertiary/aromatic N) is 2. The van der Waals surface area contributed by atoms with E-state index in [0.29, 0.717) is 19.0 Å². The van der Waals surface area contributed by atoms with E-state index < -0.39 is 0 Å². The molecule has 0 aromatic carbocycles. The molecule has 0 aliphatic carbocycles. The molecule has 112 valence electrons. The van der Waals surface area contributed by atoms with Gasteiger partial charge in [-0.1, -0.05) is 18.5 Å². The number of hydrogen-bond acceptors (Lipinski definition) is 4. The van der Waals surface area contributed by atoms with E-state index in [2.05, 4.69) is 11.8 Å². The lowest BCUT2D eigenvalue weighted by atomic mass is 9.95. The molecule has 2 N–H and O–H groups in total. The Labute approximate surface area is 129 Å². The van der Waals surface area contributed by atoms with Gasteiger partial charge in [0, 0.05) is 31.1 Å². The second-order valence-corrected chi connectivity index (χ2v) is 7.42. The summed E-state index contributed by atoms with van der Waals surface area (Å²) in [6.07, 6.45) is 0.971. The van der Waals surface area contributed by atoms with Gasteiger partial charge in [0.15, 0.2) is 0 Å². The zero-order chi connectivity index (χ0) is 14.7. The smallest absolute Gasteiger partial charge is 0.236 e. The zero-order valence-electron chi connectivity index (χ0n) is 12.0. The highest BCUT2D eigenvalue weighted by atomic mass is 35.5. The molecule has 2 atom stereocenters. The van der Waals surface area contributed by atoms with Crippen LogP contribution in [-0.4, -0.2) is 48.4 Å². The molecule has 0 saturated carbocycles. The van der Waals surface area contributed by atoms with Crippen LogP contribution in [-0.2, 0) is 11.3 Å². The van der Waals surface area contributed by atoms with Crippen molar-refractivity contribution < 1.29 is 4.79 Å². The summed E-state index contributed by atoms with van der Waals surface area (Å²) in [4.78, 5) is 17.3. The van der Waals surface area contributed by atoms with Gasteiger partial charge in [0.2, 0.25) is 5.91 Å². The van der Waals surface area contributed by atoms with Crippen molar-refractivity contribution in [1.29, 1.82) is 0 Å². The third kappa shape index (κ3) is 4.19. The minimum atomic E-state index is 0.150. The number of thiophene rings is 1. The Balaban J connectivity index is 1.82. The van der Waals surface area contributed by atoms with Crippen molar-refractivity contribution in [3.63, 3.8) is 0 Å². The average Bonchev–Trinajstić information content (AvgIpc) is 2.79. The van der Waals surface area contributed by atoms with Gasteiger partial charge in [-0.15, -0.1) is 11.3 Å². The van der Waals surface area contributed by atoms with Crippen LogP contribution in [0.4, 0.5) is 0 Å². The molecule has 1 fully saturated rings. The summed E-state index contributed by atoms with van der Waals surface area (Å²) >= 11 is 7.43. The number of likely N-dealkylation sites (tertiary alicyclic amines) is 1. The Kier molecular flexibility index (Phi) is 5.43. The molecule has 2 heterocycles. The van der Waals surface area contributed by atoms with Crippen molar-refractivity contribution in [2.45, 2.75) is 25.9 Å². The quantitative estimate of drug-likeness (QED) is 0.925. The molecule has 2 rings (SSSR count). The highest BCUT2D eigenvalue weighted by Crippen LogP contribution is 2.22. The van der Waals surface area contributed by atoms with E-state index >= 15 is 0 Å². The van der Waals surface area contributed by atoms with Gasteiger partial charge >= 0.3 is 0 Å². The van der Waals surface area contributed by atoms with Crippen LogP contribution in [0.2, 0.25) is 4.34 Å². The van der Waals surface area contributed by atoms with E-state index in [1.165, 1.54) is 11.3 Å². The molecule has 4 nitrogen and oxygen atoms in total. The lowest BCUT2D eigenvalue weighted by molar-refractivity contribution is -0.132. The molecule has 20 heavy (non-hydrogen) atoms. The maximum atomic E-state index is 12.2. The summed E-state index contributed by atoms with van der Waals surface area (Å²) in [5.74, 6) is 0.607. The van der Waals surface area contributed by atoms with Crippen LogP contribution in [0.15, 0.2) is 12.1 Å². The molecule has 0 bridgehead atoms. The van der Waals surface area contributed by atoms with Crippen molar-refractivity contribution in [3.05, 3.63) is 21.3 Å². The van der Waals surface area contributed by atoms with Crippen LogP contribution >= 0.6 is 22.9 Å². The maximum Gasteiger partial charge on any atom is 0.236 e. The normalized spacial score (nSPS) is 23.8. The summed E-state index contributed by atoms with van der Waals surface area (Å²) in [6.45, 7) is 5.08. The molecule has 2 unspecified atom stereocenters. The van der Waals surface area contributed by atoms with Gasteiger partial charge < -0.3 is 10.6 Å². The minimum absolute atomic E-state index is 0.150. The second-order valence-electron chi connectivity index (χ2n) is 5.62. The van der Waals surface area contributed by atoms with E-state index in [9.17, 15) is 4.79 Å². The summed E-state index contributed by atoms with van der Waals surface area (Å²) in [6, 6.07) is 4.11. The molecule has 6 heteroatoms. The maximum absolute atomic E-state index is 12.2. The Morgan fingerprint density at radius 3 is 2.95 bits per heavy atom. The molecule has 0 radical (unpaired) electrons. The number of rotatable bonds is 4. The first-order valence-corrected chi connectivity index (χ1v) is 8.11. The molecule has 1 aliphatic rings. The van der Waals surface area contributed by atoms with Crippen LogP contribution < -0.4 is 5.73 Å². The predicted molar refractivity (Wildman–Crippen MR) is 84.0 cm³/mol. The largest absolute Gasteiger partial charge is 0.340 e. The summed E-state index contributed by atoms with van der Waals surface area (Å²) in [5, 5.41) is 0. The number of likely N-dealkylation sites (N-methyl/N-ethyl adjacent to an activating group) is 1. The lowest BCUT2D eigenvalue weighted by Gasteiger charge is -2.35. The van der Waals surface area contributed by atoms with Gasteiger partial charge in [-0.3, -0.25) is 9.69 Å². The summed E-state index contributed by atoms with van der Waals surface area (Å²) in [7, 11) is 1.84. The van der Waals surface area contributed by atoms with E-state index in [-0.39, 0.29) is 11.9 Å². The highest BCUT2D eigenvalue weighted by Gasteiger charge is 2.25. The van der Waals surface area contributed by atoms with Crippen molar-refractivity contribution >= 4 is 28.8 Å². The molecule has 1 aromatic rings. The number of carbonyl (C=O) groups is 1. The lowest BCUT2D eigenvalue weighted by Crippen LogP contribution is -2.49. The zero-order valence-corrected chi connectivity index (χ0v) is 13.6. The Hall–Kier alpha value is -0.620. The first-order valence-electron chi connectivity index (χ1n) is 6.92. The number of amides is 1. The van der Waals surface area contributed by atoms with Gasteiger partial charge in [0.25, 0.3) is 0 Å². The Morgan fingerprint density at radius 1 is 1.60 bits per heavy atom. The van der Waals surface area contributed by atoms with Gasteiger partial charge in [0.1, 0.15) is 0 Å². The van der Waals surface area contributed by atoms with Gasteiger partial charge in [-0.05, 0) is 24.5 Å². The molecular weight excluding hydrogens is 294 g/mol. The van der Waals surface area contributed by atoms with Crippen LogP contribution in [0.25, 0.3) is 0 Å². The first kappa shape index (κ1) is 15.8. The molecule has 1 aliphatic heterocycles.